The topological polar surface area (TPSA) is 32.3 Å². The van der Waals surface area contributed by atoms with Gasteiger partial charge in [0, 0.05) is 25.9 Å². The van der Waals surface area contributed by atoms with E-state index in [4.69, 9.17) is 6.42 Å². The summed E-state index contributed by atoms with van der Waals surface area (Å²) in [5, 5.41) is 2.56. The normalized spacial score (nSPS) is 9.94. The molecule has 0 saturated heterocycles. The molecule has 3 heteroatoms. The molecule has 17 heavy (non-hydrogen) atoms. The summed E-state index contributed by atoms with van der Waals surface area (Å²) < 4.78 is 0. The van der Waals surface area contributed by atoms with Crippen molar-refractivity contribution in [1.29, 1.82) is 0 Å². The fourth-order valence-electron chi connectivity index (χ4n) is 1.25. The number of rotatable bonds is 4. The van der Waals surface area contributed by atoms with Crippen LogP contribution in [0.3, 0.4) is 0 Å². The molecule has 0 aromatic heterocycles. The van der Waals surface area contributed by atoms with Crippen molar-refractivity contribution >= 4 is 17.7 Å². The van der Waals surface area contributed by atoms with Crippen LogP contribution in [0.25, 0.3) is 6.08 Å². The van der Waals surface area contributed by atoms with Crippen molar-refractivity contribution in [3.63, 3.8) is 0 Å². The summed E-state index contributed by atoms with van der Waals surface area (Å²) >= 11 is 0. The zero-order valence-corrected chi connectivity index (χ0v) is 10.1. The van der Waals surface area contributed by atoms with Crippen LogP contribution in [-0.4, -0.2) is 26.5 Å². The third-order valence-corrected chi connectivity index (χ3v) is 2.20. The minimum Gasteiger partial charge on any atom is -0.378 e. The number of nitrogens with one attached hydrogen (secondary N) is 1. The van der Waals surface area contributed by atoms with Crippen LogP contribution in [0.1, 0.15) is 5.56 Å². The Bertz CT molecular complexity index is 438. The predicted octanol–water partition coefficient (Wildman–Crippen LogP) is 1.52. The molecule has 0 aliphatic carbocycles. The average Bonchev–Trinajstić information content (AvgIpc) is 2.34. The molecule has 0 aliphatic rings. The van der Waals surface area contributed by atoms with Crippen molar-refractivity contribution in [1.82, 2.24) is 5.32 Å². The van der Waals surface area contributed by atoms with Gasteiger partial charge in [0.2, 0.25) is 5.91 Å². The van der Waals surface area contributed by atoms with Crippen molar-refractivity contribution < 1.29 is 4.79 Å². The Morgan fingerprint density at radius 2 is 2.06 bits per heavy atom. The quantitative estimate of drug-likeness (QED) is 0.626. The minimum atomic E-state index is -0.181. The highest BCUT2D eigenvalue weighted by molar-refractivity contribution is 5.91. The van der Waals surface area contributed by atoms with E-state index >= 15 is 0 Å². The number of carbonyl (C=O) groups is 1. The fraction of sp³-hybridized carbons (Fsp3) is 0.214. The first-order valence-corrected chi connectivity index (χ1v) is 5.30. The van der Waals surface area contributed by atoms with Crippen LogP contribution in [-0.2, 0) is 4.79 Å². The van der Waals surface area contributed by atoms with Gasteiger partial charge in [0.15, 0.2) is 0 Å². The highest BCUT2D eigenvalue weighted by Crippen LogP contribution is 2.12. The number of anilines is 1. The molecule has 1 amide bonds. The maximum Gasteiger partial charge on any atom is 0.244 e. The van der Waals surface area contributed by atoms with Crippen molar-refractivity contribution in [2.75, 3.05) is 25.5 Å². The molecule has 1 N–H and O–H groups in total. The SMILES string of the molecule is C#CCNC(=O)C=Cc1ccc(N(C)C)cc1. The number of hydrogen-bond donors (Lipinski definition) is 1. The van der Waals surface area contributed by atoms with E-state index in [0.717, 1.165) is 11.3 Å². The molecule has 0 fully saturated rings. The number of carbonyl (C=O) groups excluding carboxylic acids is 1. The molecule has 0 heterocycles. The molecule has 0 saturated carbocycles. The summed E-state index contributed by atoms with van der Waals surface area (Å²) in [5.41, 5.74) is 2.10. The average molecular weight is 228 g/mol. The lowest BCUT2D eigenvalue weighted by molar-refractivity contribution is -0.116. The summed E-state index contributed by atoms with van der Waals surface area (Å²) in [6.07, 6.45) is 8.27. The van der Waals surface area contributed by atoms with Crippen LogP contribution in [0.4, 0.5) is 5.69 Å². The maximum atomic E-state index is 11.2. The molecule has 3 nitrogen and oxygen atoms in total. The second kappa shape index (κ2) is 6.39. The largest absolute Gasteiger partial charge is 0.378 e. The lowest BCUT2D eigenvalue weighted by Gasteiger charge is -2.11. The van der Waals surface area contributed by atoms with Crippen LogP contribution in [0.15, 0.2) is 30.3 Å². The second-order valence-corrected chi connectivity index (χ2v) is 3.74. The molecule has 88 valence electrons. The van der Waals surface area contributed by atoms with Crippen molar-refractivity contribution in [3.05, 3.63) is 35.9 Å². The van der Waals surface area contributed by atoms with E-state index in [2.05, 4.69) is 11.2 Å². The molecular weight excluding hydrogens is 212 g/mol. The zero-order valence-electron chi connectivity index (χ0n) is 10.1. The highest BCUT2D eigenvalue weighted by Gasteiger charge is 1.95. The maximum absolute atomic E-state index is 11.2. The lowest BCUT2D eigenvalue weighted by atomic mass is 10.2. The van der Waals surface area contributed by atoms with Crippen LogP contribution in [0.5, 0.6) is 0 Å². The van der Waals surface area contributed by atoms with Gasteiger partial charge in [-0.3, -0.25) is 4.79 Å². The van der Waals surface area contributed by atoms with Crippen LogP contribution >= 0.6 is 0 Å². The Hall–Kier alpha value is -2.21. The molecular formula is C14H16N2O. The Balaban J connectivity index is 2.60. The fourth-order valence-corrected chi connectivity index (χ4v) is 1.25. The molecule has 1 aromatic rings. The summed E-state index contributed by atoms with van der Waals surface area (Å²) in [5.74, 6) is 2.16. The Labute approximate surface area is 102 Å². The van der Waals surface area contributed by atoms with E-state index in [1.54, 1.807) is 6.08 Å². The molecule has 1 rings (SSSR count). The first-order chi connectivity index (χ1) is 8.13. The van der Waals surface area contributed by atoms with Gasteiger partial charge in [-0.05, 0) is 23.8 Å². The van der Waals surface area contributed by atoms with Gasteiger partial charge in [-0.1, -0.05) is 18.1 Å². The van der Waals surface area contributed by atoms with Gasteiger partial charge in [0.05, 0.1) is 6.54 Å². The van der Waals surface area contributed by atoms with E-state index in [9.17, 15) is 4.79 Å². The van der Waals surface area contributed by atoms with Crippen molar-refractivity contribution in [3.8, 4) is 12.3 Å². The van der Waals surface area contributed by atoms with Crippen LogP contribution < -0.4 is 10.2 Å². The first-order valence-electron chi connectivity index (χ1n) is 5.30. The molecule has 0 spiro atoms. The Kier molecular flexibility index (Phi) is 4.83. The standard InChI is InChI=1S/C14H16N2O/c1-4-11-15-14(17)10-7-12-5-8-13(9-6-12)16(2)3/h1,5-10H,11H2,2-3H3,(H,15,17). The highest BCUT2D eigenvalue weighted by atomic mass is 16.1. The summed E-state index contributed by atoms with van der Waals surface area (Å²) in [6, 6.07) is 7.92. The van der Waals surface area contributed by atoms with Crippen molar-refractivity contribution in [2.24, 2.45) is 0 Å². The number of terminal acetylenes is 1. The van der Waals surface area contributed by atoms with Gasteiger partial charge in [-0.15, -0.1) is 6.42 Å². The van der Waals surface area contributed by atoms with Gasteiger partial charge in [-0.25, -0.2) is 0 Å². The summed E-state index contributed by atoms with van der Waals surface area (Å²) in [7, 11) is 3.97. The number of benzene rings is 1. The van der Waals surface area contributed by atoms with Gasteiger partial charge in [-0.2, -0.15) is 0 Å². The zero-order chi connectivity index (χ0) is 12.7. The van der Waals surface area contributed by atoms with E-state index < -0.39 is 0 Å². The van der Waals surface area contributed by atoms with E-state index in [0.29, 0.717) is 0 Å². The van der Waals surface area contributed by atoms with Crippen molar-refractivity contribution in [2.45, 2.75) is 0 Å². The third kappa shape index (κ3) is 4.43. The molecule has 0 unspecified atom stereocenters. The lowest BCUT2D eigenvalue weighted by Crippen LogP contribution is -2.20. The second-order valence-electron chi connectivity index (χ2n) is 3.74. The monoisotopic (exact) mass is 228 g/mol. The third-order valence-electron chi connectivity index (χ3n) is 2.20. The molecule has 0 atom stereocenters. The van der Waals surface area contributed by atoms with Crippen LogP contribution in [0, 0.1) is 12.3 Å². The molecule has 0 bridgehead atoms. The Morgan fingerprint density at radius 1 is 1.41 bits per heavy atom. The van der Waals surface area contributed by atoms with Gasteiger partial charge in [0.1, 0.15) is 0 Å². The van der Waals surface area contributed by atoms with Gasteiger partial charge in [0.25, 0.3) is 0 Å². The molecule has 1 aromatic carbocycles. The molecule has 0 aliphatic heterocycles. The van der Waals surface area contributed by atoms with Gasteiger partial charge >= 0.3 is 0 Å². The number of hydrogen-bond acceptors (Lipinski definition) is 2. The number of amides is 1. The van der Waals surface area contributed by atoms with Crippen LogP contribution in [0.2, 0.25) is 0 Å². The van der Waals surface area contributed by atoms with E-state index in [-0.39, 0.29) is 12.5 Å². The summed E-state index contributed by atoms with van der Waals surface area (Å²) in [6.45, 7) is 0.253. The first kappa shape index (κ1) is 12.9. The molecule has 0 radical (unpaired) electrons. The smallest absolute Gasteiger partial charge is 0.244 e. The van der Waals surface area contributed by atoms with Gasteiger partial charge < -0.3 is 10.2 Å². The van der Waals surface area contributed by atoms with E-state index in [1.165, 1.54) is 6.08 Å². The van der Waals surface area contributed by atoms with E-state index in [1.807, 2.05) is 43.3 Å². The Morgan fingerprint density at radius 3 is 2.59 bits per heavy atom. The predicted molar refractivity (Wildman–Crippen MR) is 71.6 cm³/mol. The minimum absolute atomic E-state index is 0.181. The summed E-state index contributed by atoms with van der Waals surface area (Å²) in [4.78, 5) is 13.3. The number of nitrogens with zero attached hydrogens (tertiary/aromatic N) is 1.